The molecule has 2 atom stereocenters. The third-order valence-corrected chi connectivity index (χ3v) is 5.36. The van der Waals surface area contributed by atoms with Gasteiger partial charge in [-0.3, -0.25) is 4.90 Å². The van der Waals surface area contributed by atoms with Gasteiger partial charge in [0.15, 0.2) is 0 Å². The van der Waals surface area contributed by atoms with Crippen LogP contribution in [0.3, 0.4) is 0 Å². The maximum absolute atomic E-state index is 3.77. The Hall–Kier alpha value is -0.0800. The summed E-state index contributed by atoms with van der Waals surface area (Å²) in [7, 11) is 0. The van der Waals surface area contributed by atoms with Gasteiger partial charge in [0.1, 0.15) is 0 Å². The predicted octanol–water partition coefficient (Wildman–Crippen LogP) is 3.52. The fraction of sp³-hybridized carbons (Fsp3) is 1.00. The van der Waals surface area contributed by atoms with Crippen LogP contribution in [0.5, 0.6) is 0 Å². The predicted molar refractivity (Wildman–Crippen MR) is 83.4 cm³/mol. The summed E-state index contributed by atoms with van der Waals surface area (Å²) in [6.07, 6.45) is 7.38. The first-order chi connectivity index (χ1) is 9.08. The van der Waals surface area contributed by atoms with Gasteiger partial charge < -0.3 is 5.32 Å². The van der Waals surface area contributed by atoms with E-state index in [0.29, 0.717) is 6.04 Å². The quantitative estimate of drug-likeness (QED) is 0.819. The molecule has 0 spiro atoms. The summed E-state index contributed by atoms with van der Waals surface area (Å²) in [5.41, 5.74) is 0. The van der Waals surface area contributed by atoms with E-state index in [1.165, 1.54) is 51.7 Å². The van der Waals surface area contributed by atoms with Crippen molar-refractivity contribution < 1.29 is 0 Å². The lowest BCUT2D eigenvalue weighted by Crippen LogP contribution is -2.59. The average Bonchev–Trinajstić information content (AvgIpc) is 2.88. The van der Waals surface area contributed by atoms with Crippen molar-refractivity contribution in [1.29, 1.82) is 0 Å². The number of hydrogen-bond donors (Lipinski definition) is 1. The van der Waals surface area contributed by atoms with Crippen LogP contribution in [0.15, 0.2) is 0 Å². The lowest BCUT2D eigenvalue weighted by molar-refractivity contribution is 0.0796. The molecule has 1 N–H and O–H groups in total. The normalized spacial score (nSPS) is 30.6. The second-order valence-electron chi connectivity index (χ2n) is 7.50. The van der Waals surface area contributed by atoms with Crippen molar-refractivity contribution in [2.45, 2.75) is 71.9 Å². The van der Waals surface area contributed by atoms with Gasteiger partial charge in [0.25, 0.3) is 0 Å². The lowest BCUT2D eigenvalue weighted by atomic mass is 9.93. The molecule has 1 aliphatic carbocycles. The van der Waals surface area contributed by atoms with Gasteiger partial charge in [-0.15, -0.1) is 0 Å². The van der Waals surface area contributed by atoms with E-state index in [2.05, 4.69) is 37.9 Å². The Bertz CT molecular complexity index is 256. The van der Waals surface area contributed by atoms with Crippen LogP contribution >= 0.6 is 0 Å². The van der Waals surface area contributed by atoms with E-state index in [0.717, 1.165) is 23.8 Å². The third-order valence-electron chi connectivity index (χ3n) is 5.36. The standard InChI is InChI=1S/C17H34N2/c1-13(2)16-12-19(17(11-18-16)14(3)4)10-9-15-7-5-6-8-15/h13-18H,5-12H2,1-4H3. The highest BCUT2D eigenvalue weighted by Gasteiger charge is 2.31. The molecular formula is C17H34N2. The second kappa shape index (κ2) is 7.08. The number of nitrogens with one attached hydrogen (secondary N) is 1. The zero-order chi connectivity index (χ0) is 13.8. The summed E-state index contributed by atoms with van der Waals surface area (Å²) in [5, 5.41) is 3.77. The number of hydrogen-bond acceptors (Lipinski definition) is 2. The molecule has 0 aromatic carbocycles. The molecular weight excluding hydrogens is 232 g/mol. The molecule has 2 rings (SSSR count). The van der Waals surface area contributed by atoms with Crippen LogP contribution in [0.25, 0.3) is 0 Å². The minimum atomic E-state index is 0.693. The molecule has 0 radical (unpaired) electrons. The monoisotopic (exact) mass is 266 g/mol. The summed E-state index contributed by atoms with van der Waals surface area (Å²) in [4.78, 5) is 2.80. The number of nitrogens with zero attached hydrogens (tertiary/aromatic N) is 1. The summed E-state index contributed by atoms with van der Waals surface area (Å²) in [6, 6.07) is 1.44. The van der Waals surface area contributed by atoms with Gasteiger partial charge >= 0.3 is 0 Å². The summed E-state index contributed by atoms with van der Waals surface area (Å²) in [6.45, 7) is 13.2. The van der Waals surface area contributed by atoms with Gasteiger partial charge in [0.05, 0.1) is 0 Å². The van der Waals surface area contributed by atoms with E-state index >= 15 is 0 Å². The van der Waals surface area contributed by atoms with E-state index in [1.807, 2.05) is 0 Å². The molecule has 1 aliphatic heterocycles. The van der Waals surface area contributed by atoms with Crippen molar-refractivity contribution in [3.05, 3.63) is 0 Å². The van der Waals surface area contributed by atoms with Gasteiger partial charge in [-0.2, -0.15) is 0 Å². The first-order valence-corrected chi connectivity index (χ1v) is 8.55. The maximum atomic E-state index is 3.77. The Kier molecular flexibility index (Phi) is 5.70. The number of rotatable bonds is 5. The molecule has 0 aromatic rings. The molecule has 2 fully saturated rings. The smallest absolute Gasteiger partial charge is 0.0244 e. The number of piperazine rings is 1. The zero-order valence-corrected chi connectivity index (χ0v) is 13.5. The minimum absolute atomic E-state index is 0.693. The molecule has 0 amide bonds. The van der Waals surface area contributed by atoms with Crippen LogP contribution in [0.4, 0.5) is 0 Å². The van der Waals surface area contributed by atoms with E-state index < -0.39 is 0 Å². The molecule has 2 nitrogen and oxygen atoms in total. The molecule has 1 saturated heterocycles. The van der Waals surface area contributed by atoms with Crippen molar-refractivity contribution in [3.63, 3.8) is 0 Å². The van der Waals surface area contributed by atoms with Gasteiger partial charge in [0.2, 0.25) is 0 Å². The third kappa shape index (κ3) is 4.19. The molecule has 0 aromatic heterocycles. The Labute approximate surface area is 120 Å². The molecule has 0 bridgehead atoms. The highest BCUT2D eigenvalue weighted by Crippen LogP contribution is 2.28. The van der Waals surface area contributed by atoms with Gasteiger partial charge in [0, 0.05) is 25.2 Å². The molecule has 1 saturated carbocycles. The lowest BCUT2D eigenvalue weighted by Gasteiger charge is -2.44. The summed E-state index contributed by atoms with van der Waals surface area (Å²) >= 11 is 0. The van der Waals surface area contributed by atoms with Gasteiger partial charge in [-0.05, 0) is 30.7 Å². The van der Waals surface area contributed by atoms with Crippen LogP contribution in [-0.2, 0) is 0 Å². The minimum Gasteiger partial charge on any atom is -0.311 e. The fourth-order valence-corrected chi connectivity index (χ4v) is 3.86. The first-order valence-electron chi connectivity index (χ1n) is 8.55. The second-order valence-corrected chi connectivity index (χ2v) is 7.50. The highest BCUT2D eigenvalue weighted by molar-refractivity contribution is 4.89. The van der Waals surface area contributed by atoms with Crippen LogP contribution in [0.2, 0.25) is 0 Å². The summed E-state index contributed by atoms with van der Waals surface area (Å²) < 4.78 is 0. The maximum Gasteiger partial charge on any atom is 0.0244 e. The van der Waals surface area contributed by atoms with Crippen molar-refractivity contribution in [3.8, 4) is 0 Å². The Morgan fingerprint density at radius 3 is 2.32 bits per heavy atom. The fourth-order valence-electron chi connectivity index (χ4n) is 3.86. The van der Waals surface area contributed by atoms with E-state index in [1.54, 1.807) is 0 Å². The molecule has 1 heterocycles. The Morgan fingerprint density at radius 2 is 1.74 bits per heavy atom. The molecule has 112 valence electrons. The van der Waals surface area contributed by atoms with Crippen LogP contribution in [0, 0.1) is 17.8 Å². The van der Waals surface area contributed by atoms with Gasteiger partial charge in [-0.25, -0.2) is 0 Å². The highest BCUT2D eigenvalue weighted by atomic mass is 15.2. The van der Waals surface area contributed by atoms with E-state index in [9.17, 15) is 0 Å². The summed E-state index contributed by atoms with van der Waals surface area (Å²) in [5.74, 6) is 2.55. The van der Waals surface area contributed by atoms with E-state index in [4.69, 9.17) is 0 Å². The molecule has 19 heavy (non-hydrogen) atoms. The topological polar surface area (TPSA) is 15.3 Å². The Balaban J connectivity index is 1.87. The van der Waals surface area contributed by atoms with Crippen molar-refractivity contribution in [2.24, 2.45) is 17.8 Å². The van der Waals surface area contributed by atoms with Crippen LogP contribution < -0.4 is 5.32 Å². The molecule has 2 aliphatic rings. The average molecular weight is 266 g/mol. The molecule has 2 unspecified atom stereocenters. The molecule has 2 heteroatoms. The van der Waals surface area contributed by atoms with E-state index in [-0.39, 0.29) is 0 Å². The van der Waals surface area contributed by atoms with Crippen molar-refractivity contribution in [1.82, 2.24) is 10.2 Å². The van der Waals surface area contributed by atoms with Crippen LogP contribution in [-0.4, -0.2) is 36.6 Å². The van der Waals surface area contributed by atoms with Crippen molar-refractivity contribution >= 4 is 0 Å². The SMILES string of the molecule is CC(C)C1CN(CCC2CCCC2)C(C(C)C)CN1. The van der Waals surface area contributed by atoms with Crippen LogP contribution in [0.1, 0.15) is 59.8 Å². The first kappa shape index (κ1) is 15.3. The van der Waals surface area contributed by atoms with Crippen molar-refractivity contribution in [2.75, 3.05) is 19.6 Å². The van der Waals surface area contributed by atoms with Gasteiger partial charge in [-0.1, -0.05) is 53.4 Å². The zero-order valence-electron chi connectivity index (χ0n) is 13.5. The largest absolute Gasteiger partial charge is 0.311 e. The Morgan fingerprint density at radius 1 is 1.05 bits per heavy atom.